The number of hydrogen-bond donors (Lipinski definition) is 0. The highest BCUT2D eigenvalue weighted by Gasteiger charge is 2.07. The van der Waals surface area contributed by atoms with Crippen molar-refractivity contribution in [3.05, 3.63) is 151 Å². The third-order valence-corrected chi connectivity index (χ3v) is 4.22. The van der Waals surface area contributed by atoms with Gasteiger partial charge in [-0.05, 0) is 29.5 Å². The normalized spacial score (nSPS) is 11.7. The van der Waals surface area contributed by atoms with E-state index in [9.17, 15) is 0 Å². The number of benzene rings is 3. The Balaban J connectivity index is 0.000000189. The molecule has 3 aromatic rings. The van der Waals surface area contributed by atoms with Gasteiger partial charge in [0, 0.05) is 0 Å². The maximum Gasteiger partial charge on any atom is -0.0257 e. The van der Waals surface area contributed by atoms with E-state index in [-0.39, 0.29) is 0 Å². The molecule has 0 amide bonds. The Hall–Kier alpha value is -3.64. The summed E-state index contributed by atoms with van der Waals surface area (Å²) in [5.41, 5.74) is 5.16. The van der Waals surface area contributed by atoms with Crippen LogP contribution in [0.15, 0.2) is 134 Å². The fraction of sp³-hybridized carbons (Fsp3) is 0.0667. The molecule has 30 heavy (non-hydrogen) atoms. The molecule has 1 saturated carbocycles. The lowest BCUT2D eigenvalue weighted by Gasteiger charge is -1.90. The third kappa shape index (κ3) is 10.6. The van der Waals surface area contributed by atoms with Crippen LogP contribution in [0.3, 0.4) is 0 Å². The zero-order valence-electron chi connectivity index (χ0n) is 17.5. The first kappa shape index (κ1) is 22.6. The van der Waals surface area contributed by atoms with E-state index < -0.39 is 0 Å². The largest absolute Gasteiger partial charge is 0.0991 e. The number of rotatable bonds is 5. The van der Waals surface area contributed by atoms with Gasteiger partial charge in [0.15, 0.2) is 0 Å². The lowest BCUT2D eigenvalue weighted by atomic mass is 10.2. The van der Waals surface area contributed by atoms with E-state index in [2.05, 4.69) is 67.8 Å². The first-order chi connectivity index (χ1) is 14.8. The fourth-order valence-corrected chi connectivity index (χ4v) is 2.46. The lowest BCUT2D eigenvalue weighted by Crippen LogP contribution is -1.68. The van der Waals surface area contributed by atoms with Crippen molar-refractivity contribution in [2.45, 2.75) is 12.8 Å². The molecule has 150 valence electrons. The second kappa shape index (κ2) is 14.4. The highest BCUT2D eigenvalue weighted by atomic mass is 14.1. The Labute approximate surface area is 181 Å². The zero-order chi connectivity index (χ0) is 21.3. The van der Waals surface area contributed by atoms with Crippen molar-refractivity contribution < 1.29 is 0 Å². The van der Waals surface area contributed by atoms with E-state index in [1.54, 1.807) is 5.57 Å². The Morgan fingerprint density at radius 2 is 0.933 bits per heavy atom. The van der Waals surface area contributed by atoms with Gasteiger partial charge in [0.2, 0.25) is 0 Å². The maximum absolute atomic E-state index is 3.63. The molecule has 1 aliphatic rings. The molecule has 0 aliphatic heterocycles. The molecule has 0 radical (unpaired) electrons. The summed E-state index contributed by atoms with van der Waals surface area (Å²) in [4.78, 5) is 0. The van der Waals surface area contributed by atoms with Gasteiger partial charge >= 0.3 is 0 Å². The first-order valence-corrected chi connectivity index (χ1v) is 10.2. The molecule has 0 aromatic heterocycles. The molecule has 4 rings (SSSR count). The zero-order valence-corrected chi connectivity index (χ0v) is 17.5. The minimum absolute atomic E-state index is 1.17. The van der Waals surface area contributed by atoms with Gasteiger partial charge in [-0.25, -0.2) is 0 Å². The molecule has 0 nitrogen and oxygen atoms in total. The van der Waals surface area contributed by atoms with Crippen LogP contribution in [0.1, 0.15) is 29.5 Å². The summed E-state index contributed by atoms with van der Waals surface area (Å²) < 4.78 is 0. The fourth-order valence-electron chi connectivity index (χ4n) is 2.46. The monoisotopic (exact) mass is 390 g/mol. The smallest absolute Gasteiger partial charge is 0.0257 e. The van der Waals surface area contributed by atoms with Crippen LogP contribution in [0.5, 0.6) is 0 Å². The predicted octanol–water partition coefficient (Wildman–Crippen LogP) is 8.64. The van der Waals surface area contributed by atoms with Crippen molar-refractivity contribution in [3.8, 4) is 0 Å². The Bertz CT molecular complexity index is 889. The second-order valence-corrected chi connectivity index (χ2v) is 6.72. The van der Waals surface area contributed by atoms with Gasteiger partial charge in [0.1, 0.15) is 0 Å². The highest BCUT2D eigenvalue weighted by Crippen LogP contribution is 2.26. The summed E-state index contributed by atoms with van der Waals surface area (Å²) in [6.07, 6.45) is 16.7. The third-order valence-electron chi connectivity index (χ3n) is 4.22. The van der Waals surface area contributed by atoms with Crippen molar-refractivity contribution in [2.75, 3.05) is 0 Å². The predicted molar refractivity (Wildman–Crippen MR) is 135 cm³/mol. The molecule has 1 aliphatic carbocycles. The standard InChI is InChI=1S/C16H14.C8H8.C6H8/c1-3-9-15(10-4-1)13-7-8-14-16-11-5-2-6-12-16;1-2-8-6-4-3-5-7-8;1-2-3-6-4-5-6/h1-14H;2-7H,1H2;2-3H,1,4-5H2. The average Bonchev–Trinajstić information content (AvgIpc) is 3.64. The highest BCUT2D eigenvalue weighted by molar-refractivity contribution is 5.56. The van der Waals surface area contributed by atoms with Crippen molar-refractivity contribution in [1.82, 2.24) is 0 Å². The Morgan fingerprint density at radius 3 is 1.20 bits per heavy atom. The minimum atomic E-state index is 1.17. The van der Waals surface area contributed by atoms with E-state index in [0.717, 1.165) is 0 Å². The minimum Gasteiger partial charge on any atom is -0.0991 e. The maximum atomic E-state index is 3.63. The Morgan fingerprint density at radius 1 is 0.533 bits per heavy atom. The van der Waals surface area contributed by atoms with Crippen LogP contribution in [0, 0.1) is 0 Å². The van der Waals surface area contributed by atoms with Crippen LogP contribution in [-0.2, 0) is 0 Å². The first-order valence-electron chi connectivity index (χ1n) is 10.2. The van der Waals surface area contributed by atoms with Crippen LogP contribution >= 0.6 is 0 Å². The molecular weight excluding hydrogens is 360 g/mol. The summed E-state index contributed by atoms with van der Waals surface area (Å²) in [7, 11) is 0. The van der Waals surface area contributed by atoms with E-state index in [4.69, 9.17) is 0 Å². The average molecular weight is 391 g/mol. The topological polar surface area (TPSA) is 0 Å². The van der Waals surface area contributed by atoms with Gasteiger partial charge < -0.3 is 0 Å². The molecule has 3 aromatic carbocycles. The molecule has 0 heteroatoms. The van der Waals surface area contributed by atoms with E-state index in [0.29, 0.717) is 0 Å². The van der Waals surface area contributed by atoms with Crippen molar-refractivity contribution in [3.63, 3.8) is 0 Å². The van der Waals surface area contributed by atoms with Crippen LogP contribution in [0.4, 0.5) is 0 Å². The Kier molecular flexibility index (Phi) is 10.8. The summed E-state index contributed by atoms with van der Waals surface area (Å²) in [5, 5.41) is 0. The molecular formula is C30H30. The SMILES string of the molecule is C(C=Cc1ccccc1)=Cc1ccccc1.C=CC=C1CC1.C=Cc1ccccc1. The molecule has 0 atom stereocenters. The van der Waals surface area contributed by atoms with E-state index >= 15 is 0 Å². The van der Waals surface area contributed by atoms with Gasteiger partial charge in [0.05, 0.1) is 0 Å². The molecule has 0 N–H and O–H groups in total. The summed E-state index contributed by atoms with van der Waals surface area (Å²) >= 11 is 0. The van der Waals surface area contributed by atoms with Crippen LogP contribution in [-0.4, -0.2) is 0 Å². The van der Waals surface area contributed by atoms with Gasteiger partial charge in [-0.3, -0.25) is 0 Å². The van der Waals surface area contributed by atoms with Crippen molar-refractivity contribution >= 4 is 18.2 Å². The number of allylic oxidation sites excluding steroid dienone is 5. The molecule has 0 spiro atoms. The van der Waals surface area contributed by atoms with E-state index in [1.807, 2.05) is 78.9 Å². The summed E-state index contributed by atoms with van der Waals surface area (Å²) in [6.45, 7) is 7.20. The van der Waals surface area contributed by atoms with Gasteiger partial charge in [-0.1, -0.05) is 152 Å². The van der Waals surface area contributed by atoms with Gasteiger partial charge in [-0.15, -0.1) is 0 Å². The van der Waals surface area contributed by atoms with Gasteiger partial charge in [-0.2, -0.15) is 0 Å². The molecule has 0 bridgehead atoms. The number of hydrogen-bond acceptors (Lipinski definition) is 0. The summed E-state index contributed by atoms with van der Waals surface area (Å²) in [5.74, 6) is 0. The molecule has 0 unspecified atom stereocenters. The van der Waals surface area contributed by atoms with Crippen molar-refractivity contribution in [2.24, 2.45) is 0 Å². The lowest BCUT2D eigenvalue weighted by molar-refractivity contribution is 1.50. The molecule has 0 heterocycles. The van der Waals surface area contributed by atoms with Crippen LogP contribution in [0.2, 0.25) is 0 Å². The van der Waals surface area contributed by atoms with Crippen LogP contribution < -0.4 is 0 Å². The van der Waals surface area contributed by atoms with Gasteiger partial charge in [0.25, 0.3) is 0 Å². The summed E-state index contributed by atoms with van der Waals surface area (Å²) in [6, 6.07) is 30.6. The second-order valence-electron chi connectivity index (χ2n) is 6.72. The van der Waals surface area contributed by atoms with Crippen molar-refractivity contribution in [1.29, 1.82) is 0 Å². The quantitative estimate of drug-likeness (QED) is 0.382. The van der Waals surface area contributed by atoms with Crippen LogP contribution in [0.25, 0.3) is 18.2 Å². The molecule has 0 saturated heterocycles. The van der Waals surface area contributed by atoms with E-state index in [1.165, 1.54) is 29.5 Å². The molecule has 1 fully saturated rings.